The van der Waals surface area contributed by atoms with Gasteiger partial charge in [0.15, 0.2) is 5.65 Å². The summed E-state index contributed by atoms with van der Waals surface area (Å²) < 4.78 is 39.7. The molecule has 2 aromatic heterocycles. The first-order valence-corrected chi connectivity index (χ1v) is 9.66. The lowest BCUT2D eigenvalue weighted by Crippen LogP contribution is -2.41. The van der Waals surface area contributed by atoms with Crippen molar-refractivity contribution in [2.45, 2.75) is 43.5 Å². The number of pyridine rings is 1. The van der Waals surface area contributed by atoms with Gasteiger partial charge in [-0.1, -0.05) is 6.07 Å². The first kappa shape index (κ1) is 20.4. The van der Waals surface area contributed by atoms with E-state index in [1.807, 2.05) is 12.1 Å². The van der Waals surface area contributed by atoms with E-state index < -0.39 is 17.3 Å². The van der Waals surface area contributed by atoms with E-state index in [-0.39, 0.29) is 18.6 Å². The summed E-state index contributed by atoms with van der Waals surface area (Å²) in [6.07, 6.45) is -1.95. The summed E-state index contributed by atoms with van der Waals surface area (Å²) in [5.41, 5.74) is -0.694. The molecule has 0 saturated heterocycles. The number of benzene rings is 1. The maximum Gasteiger partial charge on any atom is 0.416 e. The Balaban J connectivity index is 1.48. The maximum atomic E-state index is 12.7. The molecule has 4 rings (SSSR count). The van der Waals surface area contributed by atoms with E-state index >= 15 is 0 Å². The molecule has 0 radical (unpaired) electrons. The Hall–Kier alpha value is -2.85. The first-order chi connectivity index (χ1) is 14.3. The highest BCUT2D eigenvalue weighted by atomic mass is 19.4. The van der Waals surface area contributed by atoms with Crippen LogP contribution in [0.1, 0.15) is 31.2 Å². The number of hydrogen-bond donors (Lipinski definition) is 4. The minimum absolute atomic E-state index is 0.123. The van der Waals surface area contributed by atoms with Crippen molar-refractivity contribution in [2.24, 2.45) is 0 Å². The standard InChI is InChI=1S/C20H22F3N5O2/c21-20(22,23)13-4-6-14(7-5-13)25-18-26-17-3-1-2-16(28(17)27-18)24-15-8-10-19(30,12-29)11-9-15/h1-7,15,24,29-30H,8-12H2,(H,25,27)/t15-,19-. The molecular formula is C20H22F3N5O2. The molecule has 1 aliphatic carbocycles. The van der Waals surface area contributed by atoms with Crippen LogP contribution in [0.2, 0.25) is 0 Å². The maximum absolute atomic E-state index is 12.7. The summed E-state index contributed by atoms with van der Waals surface area (Å²) in [5.74, 6) is 0.988. The lowest BCUT2D eigenvalue weighted by atomic mass is 9.83. The molecule has 0 spiro atoms. The molecule has 30 heavy (non-hydrogen) atoms. The molecule has 3 aromatic rings. The Labute approximate surface area is 170 Å². The highest BCUT2D eigenvalue weighted by molar-refractivity contribution is 5.58. The molecule has 7 nitrogen and oxygen atoms in total. The molecule has 1 aromatic carbocycles. The van der Waals surface area contributed by atoms with Crippen LogP contribution in [-0.4, -0.2) is 43.1 Å². The van der Waals surface area contributed by atoms with E-state index in [1.54, 1.807) is 10.6 Å². The zero-order chi connectivity index (χ0) is 21.4. The summed E-state index contributed by atoms with van der Waals surface area (Å²) in [7, 11) is 0. The second-order valence-corrected chi connectivity index (χ2v) is 7.62. The zero-order valence-corrected chi connectivity index (χ0v) is 16.0. The normalized spacial score (nSPS) is 22.2. The highest BCUT2D eigenvalue weighted by Gasteiger charge is 2.33. The average molecular weight is 421 g/mol. The van der Waals surface area contributed by atoms with Gasteiger partial charge in [-0.3, -0.25) is 0 Å². The van der Waals surface area contributed by atoms with Gasteiger partial charge in [-0.2, -0.15) is 22.7 Å². The third-order valence-corrected chi connectivity index (χ3v) is 5.39. The van der Waals surface area contributed by atoms with Crippen LogP contribution < -0.4 is 10.6 Å². The van der Waals surface area contributed by atoms with E-state index in [0.29, 0.717) is 37.0 Å². The zero-order valence-electron chi connectivity index (χ0n) is 16.0. The molecule has 2 heterocycles. The number of halogens is 3. The predicted molar refractivity (Wildman–Crippen MR) is 106 cm³/mol. The molecule has 160 valence electrons. The number of fused-ring (bicyclic) bond motifs is 1. The van der Waals surface area contributed by atoms with Crippen LogP contribution in [0.3, 0.4) is 0 Å². The van der Waals surface area contributed by atoms with Crippen molar-refractivity contribution in [1.82, 2.24) is 14.6 Å². The van der Waals surface area contributed by atoms with Crippen LogP contribution in [0.15, 0.2) is 42.5 Å². The Kier molecular flexibility index (Phi) is 5.29. The SMILES string of the molecule is OC[C@]1(O)CC[C@H](Nc2cccc3nc(Nc4ccc(C(F)(F)F)cc4)nn23)CC1. The largest absolute Gasteiger partial charge is 0.416 e. The topological polar surface area (TPSA) is 94.7 Å². The van der Waals surface area contributed by atoms with Crippen LogP contribution in [0.4, 0.5) is 30.6 Å². The summed E-state index contributed by atoms with van der Waals surface area (Å²) >= 11 is 0. The summed E-state index contributed by atoms with van der Waals surface area (Å²) in [6, 6.07) is 10.3. The Bertz CT molecular complexity index is 1010. The molecular weight excluding hydrogens is 399 g/mol. The van der Waals surface area contributed by atoms with E-state index in [9.17, 15) is 23.4 Å². The molecule has 0 aliphatic heterocycles. The molecule has 10 heteroatoms. The Morgan fingerprint density at radius 3 is 2.43 bits per heavy atom. The fraction of sp³-hybridized carbons (Fsp3) is 0.400. The lowest BCUT2D eigenvalue weighted by molar-refractivity contribution is -0.137. The van der Waals surface area contributed by atoms with Gasteiger partial charge in [0.05, 0.1) is 17.8 Å². The van der Waals surface area contributed by atoms with Crippen molar-refractivity contribution < 1.29 is 23.4 Å². The molecule has 0 bridgehead atoms. The van der Waals surface area contributed by atoms with Crippen molar-refractivity contribution in [3.8, 4) is 0 Å². The average Bonchev–Trinajstić information content (AvgIpc) is 3.13. The third-order valence-electron chi connectivity index (χ3n) is 5.39. The highest BCUT2D eigenvalue weighted by Crippen LogP contribution is 2.31. The summed E-state index contributed by atoms with van der Waals surface area (Å²) in [5, 5.41) is 30.2. The van der Waals surface area contributed by atoms with Gasteiger partial charge in [0.2, 0.25) is 5.95 Å². The van der Waals surface area contributed by atoms with Crippen molar-refractivity contribution in [2.75, 3.05) is 17.2 Å². The third kappa shape index (κ3) is 4.34. The van der Waals surface area contributed by atoms with E-state index in [2.05, 4.69) is 20.7 Å². The summed E-state index contributed by atoms with van der Waals surface area (Å²) in [4.78, 5) is 4.37. The minimum Gasteiger partial charge on any atom is -0.393 e. The quantitative estimate of drug-likeness (QED) is 0.503. The van der Waals surface area contributed by atoms with Gasteiger partial charge in [0.25, 0.3) is 0 Å². The van der Waals surface area contributed by atoms with Gasteiger partial charge in [0, 0.05) is 11.7 Å². The number of anilines is 3. The molecule has 1 aliphatic rings. The van der Waals surface area contributed by atoms with E-state index in [1.165, 1.54) is 12.1 Å². The number of aromatic nitrogens is 3. The monoisotopic (exact) mass is 421 g/mol. The van der Waals surface area contributed by atoms with Gasteiger partial charge >= 0.3 is 6.18 Å². The van der Waals surface area contributed by atoms with Crippen LogP contribution in [0.25, 0.3) is 5.65 Å². The van der Waals surface area contributed by atoms with Gasteiger partial charge in [-0.25, -0.2) is 0 Å². The second-order valence-electron chi connectivity index (χ2n) is 7.62. The van der Waals surface area contributed by atoms with Crippen molar-refractivity contribution >= 4 is 23.1 Å². The fourth-order valence-corrected chi connectivity index (χ4v) is 3.61. The fourth-order valence-electron chi connectivity index (χ4n) is 3.61. The van der Waals surface area contributed by atoms with E-state index in [4.69, 9.17) is 0 Å². The predicted octanol–water partition coefficient (Wildman–Crippen LogP) is 3.57. The van der Waals surface area contributed by atoms with Crippen molar-refractivity contribution in [1.29, 1.82) is 0 Å². The van der Waals surface area contributed by atoms with Crippen LogP contribution in [0.5, 0.6) is 0 Å². The second kappa shape index (κ2) is 7.77. The number of nitrogens with one attached hydrogen (secondary N) is 2. The number of aliphatic hydroxyl groups is 2. The smallest absolute Gasteiger partial charge is 0.393 e. The number of nitrogens with zero attached hydrogens (tertiary/aromatic N) is 3. The lowest BCUT2D eigenvalue weighted by Gasteiger charge is -2.35. The van der Waals surface area contributed by atoms with Gasteiger partial charge in [0.1, 0.15) is 5.82 Å². The number of hydrogen-bond acceptors (Lipinski definition) is 6. The van der Waals surface area contributed by atoms with Gasteiger partial charge in [-0.05, 0) is 62.1 Å². The first-order valence-electron chi connectivity index (χ1n) is 9.66. The number of alkyl halides is 3. The van der Waals surface area contributed by atoms with E-state index in [0.717, 1.165) is 18.0 Å². The molecule has 0 atom stereocenters. The van der Waals surface area contributed by atoms with Gasteiger partial charge < -0.3 is 20.8 Å². The van der Waals surface area contributed by atoms with Crippen LogP contribution in [0, 0.1) is 0 Å². The molecule has 0 amide bonds. The van der Waals surface area contributed by atoms with Gasteiger partial charge in [-0.15, -0.1) is 5.10 Å². The number of aliphatic hydroxyl groups excluding tert-OH is 1. The van der Waals surface area contributed by atoms with Crippen molar-refractivity contribution in [3.63, 3.8) is 0 Å². The molecule has 1 fully saturated rings. The molecule has 4 N–H and O–H groups in total. The number of rotatable bonds is 5. The molecule has 1 saturated carbocycles. The van der Waals surface area contributed by atoms with Crippen molar-refractivity contribution in [3.05, 3.63) is 48.0 Å². The van der Waals surface area contributed by atoms with Crippen LogP contribution in [-0.2, 0) is 6.18 Å². The molecule has 0 unspecified atom stereocenters. The Morgan fingerprint density at radius 2 is 1.80 bits per heavy atom. The van der Waals surface area contributed by atoms with Crippen LogP contribution >= 0.6 is 0 Å². The Morgan fingerprint density at radius 1 is 1.10 bits per heavy atom. The minimum atomic E-state index is -4.38. The summed E-state index contributed by atoms with van der Waals surface area (Å²) in [6.45, 7) is -0.239.